The van der Waals surface area contributed by atoms with Crippen LogP contribution in [0, 0.1) is 5.82 Å². The predicted octanol–water partition coefficient (Wildman–Crippen LogP) is 5.52. The van der Waals surface area contributed by atoms with E-state index in [-0.39, 0.29) is 28.2 Å². The number of amides is 1. The molecule has 0 fully saturated rings. The fourth-order valence-corrected chi connectivity index (χ4v) is 3.89. The van der Waals surface area contributed by atoms with E-state index in [1.54, 1.807) is 0 Å². The van der Waals surface area contributed by atoms with Gasteiger partial charge < -0.3 is 0 Å². The van der Waals surface area contributed by atoms with Crippen molar-refractivity contribution < 1.29 is 43.9 Å². The molecule has 3 rings (SSSR count). The van der Waals surface area contributed by atoms with E-state index in [4.69, 9.17) is 0 Å². The quantitative estimate of drug-likeness (QED) is 0.416. The summed E-state index contributed by atoms with van der Waals surface area (Å²) in [6, 6.07) is 7.19. The van der Waals surface area contributed by atoms with E-state index >= 15 is 0 Å². The number of alkyl halides is 6. The Labute approximate surface area is 194 Å². The van der Waals surface area contributed by atoms with Gasteiger partial charge in [-0.1, -0.05) is 18.2 Å². The molecule has 0 saturated carbocycles. The number of sulfone groups is 1. The Kier molecular flexibility index (Phi) is 6.93. The van der Waals surface area contributed by atoms with Gasteiger partial charge in [-0.2, -0.15) is 26.3 Å². The van der Waals surface area contributed by atoms with Crippen LogP contribution in [0.3, 0.4) is 0 Å². The molecule has 1 amide bonds. The van der Waals surface area contributed by atoms with Crippen molar-refractivity contribution in [1.29, 1.82) is 0 Å². The predicted molar refractivity (Wildman–Crippen MR) is 112 cm³/mol. The van der Waals surface area contributed by atoms with Crippen molar-refractivity contribution in [3.63, 3.8) is 0 Å². The highest BCUT2D eigenvalue weighted by Gasteiger charge is 2.37. The minimum atomic E-state index is -5.10. The summed E-state index contributed by atoms with van der Waals surface area (Å²) in [6.07, 6.45) is -7.58. The Balaban J connectivity index is 2.26. The maximum Gasteiger partial charge on any atom is 0.416 e. The summed E-state index contributed by atoms with van der Waals surface area (Å²) in [4.78, 5) is 16.0. The largest absolute Gasteiger partial charge is 0.416 e. The standard InChI is InChI=1S/C22H15F7N2O3S/c1-35(33,34)15-9-13(8-14(10-15)22(27,28)29)20(32)31(12-21(24,25)26)19-11-30-7-6-17(19)16-4-2-3-5-18(16)23/h2-11H,12H2,1H3. The van der Waals surface area contributed by atoms with Crippen molar-refractivity contribution in [3.05, 3.63) is 77.9 Å². The SMILES string of the molecule is CS(=O)(=O)c1cc(C(=O)N(CC(F)(F)F)c2cnccc2-c2ccccc2F)cc(C(F)(F)F)c1. The lowest BCUT2D eigenvalue weighted by Crippen LogP contribution is -2.39. The third kappa shape index (κ3) is 6.15. The molecule has 0 bridgehead atoms. The monoisotopic (exact) mass is 520 g/mol. The van der Waals surface area contributed by atoms with Gasteiger partial charge in [-0.05, 0) is 30.3 Å². The van der Waals surface area contributed by atoms with E-state index in [1.165, 1.54) is 18.2 Å². The van der Waals surface area contributed by atoms with Crippen LogP contribution in [0.15, 0.2) is 65.8 Å². The van der Waals surface area contributed by atoms with Crippen LogP contribution in [0.25, 0.3) is 11.1 Å². The molecule has 0 spiro atoms. The zero-order chi connectivity index (χ0) is 26.2. The van der Waals surface area contributed by atoms with Crippen LogP contribution < -0.4 is 4.90 Å². The summed E-state index contributed by atoms with van der Waals surface area (Å²) in [5.41, 5.74) is -3.43. The molecule has 35 heavy (non-hydrogen) atoms. The highest BCUT2D eigenvalue weighted by Crippen LogP contribution is 2.36. The molecule has 13 heteroatoms. The van der Waals surface area contributed by atoms with Gasteiger partial charge in [0.15, 0.2) is 9.84 Å². The number of hydrogen-bond donors (Lipinski definition) is 0. The smallest absolute Gasteiger partial charge is 0.297 e. The van der Waals surface area contributed by atoms with E-state index in [2.05, 4.69) is 4.98 Å². The highest BCUT2D eigenvalue weighted by molar-refractivity contribution is 7.90. The zero-order valence-corrected chi connectivity index (χ0v) is 18.5. The number of halogens is 7. The van der Waals surface area contributed by atoms with E-state index in [0.29, 0.717) is 12.3 Å². The Hall–Kier alpha value is -3.48. The maximum absolute atomic E-state index is 14.4. The average Bonchev–Trinajstić information content (AvgIpc) is 2.75. The van der Waals surface area contributed by atoms with Crippen LogP contribution in [-0.2, 0) is 16.0 Å². The van der Waals surface area contributed by atoms with Crippen LogP contribution >= 0.6 is 0 Å². The molecular weight excluding hydrogens is 505 g/mol. The van der Waals surface area contributed by atoms with Gasteiger partial charge in [-0.25, -0.2) is 12.8 Å². The molecular formula is C22H15F7N2O3S. The van der Waals surface area contributed by atoms with Crippen LogP contribution in [-0.4, -0.2) is 38.3 Å². The lowest BCUT2D eigenvalue weighted by atomic mass is 10.0. The summed E-state index contributed by atoms with van der Waals surface area (Å²) in [5.74, 6) is -2.43. The molecule has 0 atom stereocenters. The Bertz CT molecular complexity index is 1370. The van der Waals surface area contributed by atoms with Crippen molar-refractivity contribution >= 4 is 21.4 Å². The number of pyridine rings is 1. The van der Waals surface area contributed by atoms with Crippen molar-refractivity contribution in [2.75, 3.05) is 17.7 Å². The number of hydrogen-bond acceptors (Lipinski definition) is 4. The lowest BCUT2D eigenvalue weighted by molar-refractivity contribution is -0.137. The van der Waals surface area contributed by atoms with Crippen LogP contribution in [0.4, 0.5) is 36.4 Å². The molecule has 1 heterocycles. The second kappa shape index (κ2) is 9.29. The lowest BCUT2D eigenvalue weighted by Gasteiger charge is -2.26. The van der Waals surface area contributed by atoms with Gasteiger partial charge in [0.2, 0.25) is 0 Å². The van der Waals surface area contributed by atoms with Gasteiger partial charge in [0.05, 0.1) is 22.3 Å². The fourth-order valence-electron chi connectivity index (χ4n) is 3.21. The van der Waals surface area contributed by atoms with Crippen molar-refractivity contribution in [2.24, 2.45) is 0 Å². The first-order valence-corrected chi connectivity index (χ1v) is 11.5. The molecule has 0 aliphatic carbocycles. The van der Waals surface area contributed by atoms with Crippen molar-refractivity contribution in [1.82, 2.24) is 4.98 Å². The first-order valence-electron chi connectivity index (χ1n) is 9.58. The topological polar surface area (TPSA) is 67.3 Å². The molecule has 5 nitrogen and oxygen atoms in total. The molecule has 3 aromatic rings. The molecule has 0 aliphatic heterocycles. The number of nitrogens with zero attached hydrogens (tertiary/aromatic N) is 2. The van der Waals surface area contributed by atoms with E-state index in [1.807, 2.05) is 0 Å². The summed E-state index contributed by atoms with van der Waals surface area (Å²) >= 11 is 0. The van der Waals surface area contributed by atoms with Crippen molar-refractivity contribution in [2.45, 2.75) is 17.2 Å². The molecule has 0 aliphatic rings. The number of carbonyl (C=O) groups is 1. The zero-order valence-electron chi connectivity index (χ0n) is 17.7. The molecule has 0 saturated heterocycles. The van der Waals surface area contributed by atoms with Crippen molar-refractivity contribution in [3.8, 4) is 11.1 Å². The second-order valence-corrected chi connectivity index (χ2v) is 9.41. The van der Waals surface area contributed by atoms with Gasteiger partial charge in [-0.15, -0.1) is 0 Å². The summed E-state index contributed by atoms with van der Waals surface area (Å²) in [5, 5.41) is 0. The fraction of sp³-hybridized carbons (Fsp3) is 0.182. The number of carbonyl (C=O) groups excluding carboxylic acids is 1. The van der Waals surface area contributed by atoms with Crippen LogP contribution in [0.5, 0.6) is 0 Å². The minimum absolute atomic E-state index is 0.0797. The maximum atomic E-state index is 14.4. The van der Waals surface area contributed by atoms with Gasteiger partial charge in [0, 0.05) is 29.1 Å². The number of benzene rings is 2. The number of anilines is 1. The average molecular weight is 520 g/mol. The Morgan fingerprint density at radius 2 is 1.63 bits per heavy atom. The second-order valence-electron chi connectivity index (χ2n) is 7.40. The van der Waals surface area contributed by atoms with Gasteiger partial charge in [-0.3, -0.25) is 14.7 Å². The Morgan fingerprint density at radius 3 is 2.20 bits per heavy atom. The Morgan fingerprint density at radius 1 is 0.971 bits per heavy atom. The third-order valence-electron chi connectivity index (χ3n) is 4.75. The molecule has 1 aromatic heterocycles. The van der Waals surface area contributed by atoms with Gasteiger partial charge in [0.1, 0.15) is 12.4 Å². The molecule has 0 unspecified atom stereocenters. The van der Waals surface area contributed by atoms with Gasteiger partial charge in [0.25, 0.3) is 5.91 Å². The molecule has 0 N–H and O–H groups in total. The van der Waals surface area contributed by atoms with Crippen LogP contribution in [0.1, 0.15) is 15.9 Å². The van der Waals surface area contributed by atoms with E-state index < -0.39 is 62.2 Å². The molecule has 0 radical (unpaired) electrons. The molecule has 2 aromatic carbocycles. The van der Waals surface area contributed by atoms with Gasteiger partial charge >= 0.3 is 12.4 Å². The summed E-state index contributed by atoms with van der Waals surface area (Å²) in [7, 11) is -4.28. The third-order valence-corrected chi connectivity index (χ3v) is 5.84. The summed E-state index contributed by atoms with van der Waals surface area (Å²) in [6.45, 7) is -1.97. The van der Waals surface area contributed by atoms with E-state index in [9.17, 15) is 43.9 Å². The first-order chi connectivity index (χ1) is 16.1. The number of rotatable bonds is 5. The number of aromatic nitrogens is 1. The highest BCUT2D eigenvalue weighted by atomic mass is 32.2. The van der Waals surface area contributed by atoms with Crippen LogP contribution in [0.2, 0.25) is 0 Å². The normalized spacial score (nSPS) is 12.5. The molecule has 186 valence electrons. The first kappa shape index (κ1) is 26.1. The van der Waals surface area contributed by atoms with E-state index in [0.717, 1.165) is 24.5 Å². The minimum Gasteiger partial charge on any atom is -0.297 e. The summed E-state index contributed by atoms with van der Waals surface area (Å²) < 4.78 is 119.